The Labute approximate surface area is 181 Å². The first-order valence-electron chi connectivity index (χ1n) is 10.4. The maximum Gasteiger partial charge on any atom is 0.220 e. The van der Waals surface area contributed by atoms with Gasteiger partial charge in [0.25, 0.3) is 0 Å². The van der Waals surface area contributed by atoms with Gasteiger partial charge in [-0.15, -0.1) is 15.3 Å². The molecule has 160 valence electrons. The number of nitrogens with one attached hydrogen (secondary N) is 1. The molecule has 0 spiro atoms. The van der Waals surface area contributed by atoms with E-state index in [-0.39, 0.29) is 5.91 Å². The normalized spacial score (nSPS) is 11.3. The van der Waals surface area contributed by atoms with Crippen LogP contribution in [-0.4, -0.2) is 35.5 Å². The van der Waals surface area contributed by atoms with Crippen molar-refractivity contribution in [2.24, 2.45) is 0 Å². The maximum absolute atomic E-state index is 12.5. The minimum Gasteiger partial charge on any atom is -0.352 e. The van der Waals surface area contributed by atoms with Gasteiger partial charge in [0.2, 0.25) is 5.91 Å². The second-order valence-corrected chi connectivity index (χ2v) is 7.98. The van der Waals surface area contributed by atoms with Gasteiger partial charge in [-0.3, -0.25) is 4.79 Å². The molecule has 0 saturated carbocycles. The quantitative estimate of drug-likeness (QED) is 0.521. The molecule has 3 heterocycles. The fourth-order valence-electron chi connectivity index (χ4n) is 3.77. The average Bonchev–Trinajstić information content (AvgIpc) is 3.26. The number of hydrogen-bond donors (Lipinski definition) is 1. The summed E-state index contributed by atoms with van der Waals surface area (Å²) in [6, 6.07) is 10.0. The number of amides is 1. The number of carbonyl (C=O) groups is 1. The highest BCUT2D eigenvalue weighted by molar-refractivity contribution is 5.76. The summed E-state index contributed by atoms with van der Waals surface area (Å²) in [6.07, 6.45) is 1.04. The van der Waals surface area contributed by atoms with Gasteiger partial charge in [-0.25, -0.2) is 4.68 Å². The fourth-order valence-corrected chi connectivity index (χ4v) is 3.77. The number of aryl methyl sites for hydroxylation is 4. The first-order valence-corrected chi connectivity index (χ1v) is 10.4. The largest absolute Gasteiger partial charge is 0.352 e. The summed E-state index contributed by atoms with van der Waals surface area (Å²) >= 11 is 0. The monoisotopic (exact) mass is 417 g/mol. The van der Waals surface area contributed by atoms with E-state index >= 15 is 0 Å². The molecule has 4 rings (SSSR count). The Hall–Kier alpha value is -3.55. The van der Waals surface area contributed by atoms with E-state index in [1.54, 1.807) is 4.52 Å². The highest BCUT2D eigenvalue weighted by Crippen LogP contribution is 2.19. The molecule has 1 N–H and O–H groups in total. The molecular formula is C23H27N7O. The Kier molecular flexibility index (Phi) is 5.54. The molecule has 0 fully saturated rings. The molecule has 1 aromatic carbocycles. The van der Waals surface area contributed by atoms with E-state index in [2.05, 4.69) is 57.8 Å². The molecule has 8 nitrogen and oxygen atoms in total. The number of rotatable bonds is 6. The summed E-state index contributed by atoms with van der Waals surface area (Å²) in [7, 11) is 0. The molecule has 0 unspecified atom stereocenters. The summed E-state index contributed by atoms with van der Waals surface area (Å²) < 4.78 is 3.52. The molecule has 0 atom stereocenters. The van der Waals surface area contributed by atoms with Gasteiger partial charge < -0.3 is 5.32 Å². The van der Waals surface area contributed by atoms with Crippen molar-refractivity contribution in [1.29, 1.82) is 0 Å². The van der Waals surface area contributed by atoms with E-state index in [9.17, 15) is 4.79 Å². The Morgan fingerprint density at radius 2 is 1.81 bits per heavy atom. The summed E-state index contributed by atoms with van der Waals surface area (Å²) in [5.41, 5.74) is 7.19. The average molecular weight is 418 g/mol. The summed E-state index contributed by atoms with van der Waals surface area (Å²) in [5.74, 6) is 1.45. The molecule has 0 bridgehead atoms. The van der Waals surface area contributed by atoms with Gasteiger partial charge in [0, 0.05) is 18.7 Å². The van der Waals surface area contributed by atoms with Crippen LogP contribution in [0.2, 0.25) is 0 Å². The Morgan fingerprint density at radius 1 is 1.00 bits per heavy atom. The number of carbonyl (C=O) groups excluding carboxylic acids is 1. The highest BCUT2D eigenvalue weighted by Gasteiger charge is 2.16. The van der Waals surface area contributed by atoms with Crippen molar-refractivity contribution in [3.63, 3.8) is 0 Å². The van der Waals surface area contributed by atoms with Crippen LogP contribution in [0.15, 0.2) is 30.3 Å². The standard InChI is InChI=1S/C23H27N7O/c1-14-6-7-15(2)19(12-14)13-24-23(31)11-8-20-16(3)27-29(17(20)4)22-10-9-21-26-25-18(5)30(21)28-22/h6-7,9-10,12H,8,11,13H2,1-5H3,(H,24,31). The SMILES string of the molecule is Cc1ccc(C)c(CNC(=O)CCc2c(C)nn(-c3ccc4nnc(C)n4n3)c2C)c1. The Morgan fingerprint density at radius 3 is 2.61 bits per heavy atom. The number of fused-ring (bicyclic) bond motifs is 1. The predicted octanol–water partition coefficient (Wildman–Crippen LogP) is 3.10. The zero-order valence-electron chi connectivity index (χ0n) is 18.6. The molecular weight excluding hydrogens is 390 g/mol. The summed E-state index contributed by atoms with van der Waals surface area (Å²) in [6.45, 7) is 10.5. The molecule has 3 aromatic heterocycles. The molecule has 0 radical (unpaired) electrons. The first-order chi connectivity index (χ1) is 14.8. The van der Waals surface area contributed by atoms with E-state index in [4.69, 9.17) is 0 Å². The fraction of sp³-hybridized carbons (Fsp3) is 0.348. The molecule has 8 heteroatoms. The lowest BCUT2D eigenvalue weighted by molar-refractivity contribution is -0.121. The van der Waals surface area contributed by atoms with Crippen LogP contribution >= 0.6 is 0 Å². The molecule has 0 saturated heterocycles. The van der Waals surface area contributed by atoms with Crippen LogP contribution in [0, 0.1) is 34.6 Å². The van der Waals surface area contributed by atoms with Gasteiger partial charge in [-0.1, -0.05) is 23.8 Å². The molecule has 4 aromatic rings. The lowest BCUT2D eigenvalue weighted by Crippen LogP contribution is -2.23. The van der Waals surface area contributed by atoms with Crippen molar-refractivity contribution >= 4 is 11.6 Å². The van der Waals surface area contributed by atoms with Crippen molar-refractivity contribution in [3.8, 4) is 5.82 Å². The van der Waals surface area contributed by atoms with Crippen LogP contribution in [0.5, 0.6) is 0 Å². The smallest absolute Gasteiger partial charge is 0.220 e. The van der Waals surface area contributed by atoms with E-state index in [0.29, 0.717) is 30.9 Å². The minimum absolute atomic E-state index is 0.0344. The first kappa shape index (κ1) is 20.7. The number of hydrogen-bond acceptors (Lipinski definition) is 5. The highest BCUT2D eigenvalue weighted by atomic mass is 16.1. The maximum atomic E-state index is 12.5. The molecule has 1 amide bonds. The van der Waals surface area contributed by atoms with Crippen molar-refractivity contribution in [1.82, 2.24) is 34.9 Å². The summed E-state index contributed by atoms with van der Waals surface area (Å²) in [5, 5.41) is 20.4. The second kappa shape index (κ2) is 8.29. The van der Waals surface area contributed by atoms with Crippen LogP contribution in [0.25, 0.3) is 11.5 Å². The van der Waals surface area contributed by atoms with Gasteiger partial charge >= 0.3 is 0 Å². The number of nitrogens with zero attached hydrogens (tertiary/aromatic N) is 6. The third kappa shape index (κ3) is 4.19. The van der Waals surface area contributed by atoms with Gasteiger partial charge in [0.1, 0.15) is 0 Å². The third-order valence-electron chi connectivity index (χ3n) is 5.65. The number of aromatic nitrogens is 6. The lowest BCUT2D eigenvalue weighted by Gasteiger charge is -2.09. The van der Waals surface area contributed by atoms with Gasteiger partial charge in [-0.2, -0.15) is 9.61 Å². The van der Waals surface area contributed by atoms with E-state index in [1.807, 2.05) is 37.6 Å². The van der Waals surface area contributed by atoms with Gasteiger partial charge in [-0.05, 0) is 69.9 Å². The van der Waals surface area contributed by atoms with Crippen molar-refractivity contribution in [3.05, 3.63) is 69.8 Å². The van der Waals surface area contributed by atoms with Crippen LogP contribution in [-0.2, 0) is 17.8 Å². The Bertz CT molecular complexity index is 1270. The molecule has 0 aliphatic heterocycles. The third-order valence-corrected chi connectivity index (χ3v) is 5.65. The zero-order chi connectivity index (χ0) is 22.1. The minimum atomic E-state index is 0.0344. The summed E-state index contributed by atoms with van der Waals surface area (Å²) in [4.78, 5) is 12.5. The molecule has 31 heavy (non-hydrogen) atoms. The van der Waals surface area contributed by atoms with Gasteiger partial charge in [0.05, 0.1) is 5.69 Å². The number of benzene rings is 1. The molecule has 0 aliphatic rings. The van der Waals surface area contributed by atoms with Crippen LogP contribution in [0.4, 0.5) is 0 Å². The van der Waals surface area contributed by atoms with E-state index < -0.39 is 0 Å². The Balaban J connectivity index is 1.45. The topological polar surface area (TPSA) is 90.0 Å². The van der Waals surface area contributed by atoms with Crippen molar-refractivity contribution < 1.29 is 4.79 Å². The lowest BCUT2D eigenvalue weighted by atomic mass is 10.1. The van der Waals surface area contributed by atoms with E-state index in [0.717, 1.165) is 28.3 Å². The van der Waals surface area contributed by atoms with Crippen LogP contribution in [0.3, 0.4) is 0 Å². The van der Waals surface area contributed by atoms with Crippen LogP contribution in [0.1, 0.15) is 45.9 Å². The zero-order valence-corrected chi connectivity index (χ0v) is 18.6. The van der Waals surface area contributed by atoms with E-state index in [1.165, 1.54) is 11.1 Å². The van der Waals surface area contributed by atoms with Gasteiger partial charge in [0.15, 0.2) is 17.3 Å². The predicted molar refractivity (Wildman–Crippen MR) is 118 cm³/mol. The van der Waals surface area contributed by atoms with Crippen molar-refractivity contribution in [2.75, 3.05) is 0 Å². The van der Waals surface area contributed by atoms with Crippen molar-refractivity contribution in [2.45, 2.75) is 54.0 Å². The second-order valence-electron chi connectivity index (χ2n) is 7.98. The molecule has 0 aliphatic carbocycles. The van der Waals surface area contributed by atoms with Crippen LogP contribution < -0.4 is 5.32 Å².